The van der Waals surface area contributed by atoms with Crippen LogP contribution in [0, 0.1) is 5.92 Å². The zero-order chi connectivity index (χ0) is 26.6. The molecule has 4 rings (SSSR count). The first-order valence-electron chi connectivity index (χ1n) is 12.5. The second-order valence-corrected chi connectivity index (χ2v) is 10.7. The van der Waals surface area contributed by atoms with Gasteiger partial charge in [-0.15, -0.1) is 0 Å². The highest BCUT2D eigenvalue weighted by atomic mass is 79.9. The maximum Gasteiger partial charge on any atom is 0.217 e. The summed E-state index contributed by atoms with van der Waals surface area (Å²) in [4.78, 5) is 11.3. The second-order valence-electron chi connectivity index (χ2n) is 9.77. The average Bonchev–Trinajstić information content (AvgIpc) is 2.91. The van der Waals surface area contributed by atoms with Gasteiger partial charge in [0.1, 0.15) is 0 Å². The fraction of sp³-hybridized carbons (Fsp3) is 0.500. The quantitative estimate of drug-likeness (QED) is 0.371. The van der Waals surface area contributed by atoms with Crippen LogP contribution < -0.4 is 14.2 Å². The van der Waals surface area contributed by atoms with Crippen molar-refractivity contribution in [3.05, 3.63) is 52.0 Å². The molecule has 1 saturated heterocycles. The molecule has 1 N–H and O–H groups in total. The van der Waals surface area contributed by atoms with Crippen LogP contribution in [0.1, 0.15) is 36.3 Å². The average molecular weight is 575 g/mol. The molecule has 37 heavy (non-hydrogen) atoms. The summed E-state index contributed by atoms with van der Waals surface area (Å²) >= 11 is 3.59. The van der Waals surface area contributed by atoms with E-state index in [0.717, 1.165) is 33.8 Å². The Bertz CT molecular complexity index is 1200. The van der Waals surface area contributed by atoms with Crippen LogP contribution in [0.4, 0.5) is 0 Å². The molecule has 0 radical (unpaired) electrons. The first kappa shape index (κ1) is 27.6. The van der Waals surface area contributed by atoms with E-state index in [-0.39, 0.29) is 11.8 Å². The number of methoxy groups -OCH3 is 3. The third-order valence-electron chi connectivity index (χ3n) is 7.19. The maximum atomic E-state index is 12.9. The van der Waals surface area contributed by atoms with E-state index in [9.17, 15) is 5.11 Å². The van der Waals surface area contributed by atoms with E-state index >= 15 is 0 Å². The van der Waals surface area contributed by atoms with Gasteiger partial charge < -0.3 is 29.0 Å². The smallest absolute Gasteiger partial charge is 0.217 e. The van der Waals surface area contributed by atoms with E-state index in [1.807, 2.05) is 44.4 Å². The molecule has 2 unspecified atom stereocenters. The molecule has 1 aromatic carbocycles. The first-order chi connectivity index (χ1) is 17.8. The molecule has 1 aliphatic rings. The van der Waals surface area contributed by atoms with Gasteiger partial charge in [0, 0.05) is 53.2 Å². The molecule has 1 fully saturated rings. The zero-order valence-corrected chi connectivity index (χ0v) is 23.7. The van der Waals surface area contributed by atoms with E-state index in [1.165, 1.54) is 0 Å². The molecule has 0 amide bonds. The third-order valence-corrected chi connectivity index (χ3v) is 7.68. The Morgan fingerprint density at radius 1 is 1.03 bits per heavy atom. The SMILES string of the molecule is COc1cc(C(O)(CCN(C)C)C(c2cc3cc(Br)ccc3nc2OC)C2CCOCC2)cc(OC)n1. The minimum absolute atomic E-state index is 0.131. The van der Waals surface area contributed by atoms with Crippen LogP contribution in [0.15, 0.2) is 40.9 Å². The van der Waals surface area contributed by atoms with E-state index in [1.54, 1.807) is 21.3 Å². The summed E-state index contributed by atoms with van der Waals surface area (Å²) in [6.07, 6.45) is 2.10. The van der Waals surface area contributed by atoms with E-state index < -0.39 is 5.60 Å². The molecule has 200 valence electrons. The summed E-state index contributed by atoms with van der Waals surface area (Å²) < 4.78 is 23.5. The van der Waals surface area contributed by atoms with Gasteiger partial charge in [0.15, 0.2) is 0 Å². The Balaban J connectivity index is 1.99. The van der Waals surface area contributed by atoms with E-state index in [2.05, 4.69) is 31.9 Å². The van der Waals surface area contributed by atoms with Gasteiger partial charge in [0.2, 0.25) is 17.6 Å². The number of hydrogen-bond acceptors (Lipinski definition) is 8. The van der Waals surface area contributed by atoms with Gasteiger partial charge in [0.05, 0.1) is 32.4 Å². The molecule has 2 aromatic heterocycles. The van der Waals surface area contributed by atoms with Gasteiger partial charge in [-0.2, -0.15) is 4.98 Å². The minimum Gasteiger partial charge on any atom is -0.481 e. The van der Waals surface area contributed by atoms with Crippen LogP contribution in [-0.2, 0) is 10.3 Å². The molecule has 2 atom stereocenters. The number of ether oxygens (including phenoxy) is 4. The first-order valence-corrected chi connectivity index (χ1v) is 13.3. The van der Waals surface area contributed by atoms with Crippen molar-refractivity contribution in [3.63, 3.8) is 0 Å². The highest BCUT2D eigenvalue weighted by Gasteiger charge is 2.46. The van der Waals surface area contributed by atoms with Crippen LogP contribution in [-0.4, -0.2) is 75.2 Å². The monoisotopic (exact) mass is 573 g/mol. The molecule has 3 heterocycles. The number of fused-ring (bicyclic) bond motifs is 1. The van der Waals surface area contributed by atoms with Crippen molar-refractivity contribution in [2.45, 2.75) is 30.8 Å². The number of pyridine rings is 2. The molecule has 0 bridgehead atoms. The number of benzene rings is 1. The number of rotatable bonds is 10. The Labute approximate surface area is 227 Å². The molecule has 1 aliphatic heterocycles. The molecule has 0 saturated carbocycles. The van der Waals surface area contributed by atoms with Crippen LogP contribution in [0.3, 0.4) is 0 Å². The lowest BCUT2D eigenvalue weighted by molar-refractivity contribution is -0.0483. The minimum atomic E-state index is -1.30. The van der Waals surface area contributed by atoms with Crippen molar-refractivity contribution in [3.8, 4) is 17.6 Å². The molecule has 8 nitrogen and oxygen atoms in total. The van der Waals surface area contributed by atoms with Crippen LogP contribution >= 0.6 is 15.9 Å². The molecule has 3 aromatic rings. The van der Waals surface area contributed by atoms with Crippen LogP contribution in [0.5, 0.6) is 17.6 Å². The van der Waals surface area contributed by atoms with Crippen molar-refractivity contribution < 1.29 is 24.1 Å². The van der Waals surface area contributed by atoms with E-state index in [0.29, 0.717) is 49.4 Å². The van der Waals surface area contributed by atoms with Crippen molar-refractivity contribution in [1.82, 2.24) is 14.9 Å². The van der Waals surface area contributed by atoms with Gasteiger partial charge in [0.25, 0.3) is 0 Å². The third kappa shape index (κ3) is 6.00. The summed E-state index contributed by atoms with van der Waals surface area (Å²) in [7, 11) is 8.78. The molecule has 0 aliphatic carbocycles. The van der Waals surface area contributed by atoms with Gasteiger partial charge >= 0.3 is 0 Å². The lowest BCUT2D eigenvalue weighted by Crippen LogP contribution is -2.42. The Morgan fingerprint density at radius 3 is 2.30 bits per heavy atom. The van der Waals surface area contributed by atoms with E-state index in [4.69, 9.17) is 23.9 Å². The Kier molecular flexibility index (Phi) is 8.90. The maximum absolute atomic E-state index is 12.9. The van der Waals surface area contributed by atoms with Crippen molar-refractivity contribution in [2.75, 3.05) is 55.2 Å². The van der Waals surface area contributed by atoms with Gasteiger partial charge in [-0.05, 0) is 69.1 Å². The van der Waals surface area contributed by atoms with Gasteiger partial charge in [-0.3, -0.25) is 0 Å². The van der Waals surface area contributed by atoms with Crippen molar-refractivity contribution in [1.29, 1.82) is 0 Å². The standard InChI is InChI=1S/C28H36BrN3O5/c1-32(2)11-10-28(33,20-16-24(34-3)31-25(17-20)35-4)26(18-8-12-37-13-9-18)22-15-19-14-21(29)6-7-23(19)30-27(22)36-5/h6-7,14-18,26,33H,8-13H2,1-5H3. The van der Waals surface area contributed by atoms with Crippen LogP contribution in [0.2, 0.25) is 0 Å². The molecular weight excluding hydrogens is 538 g/mol. The zero-order valence-electron chi connectivity index (χ0n) is 22.2. The lowest BCUT2D eigenvalue weighted by Gasteiger charge is -2.43. The number of nitrogens with zero attached hydrogens (tertiary/aromatic N) is 3. The fourth-order valence-electron chi connectivity index (χ4n) is 5.30. The van der Waals surface area contributed by atoms with Crippen molar-refractivity contribution >= 4 is 26.8 Å². The largest absolute Gasteiger partial charge is 0.481 e. The Hall–Kier alpha value is -2.46. The summed E-state index contributed by atoms with van der Waals surface area (Å²) in [6.45, 7) is 1.95. The highest BCUT2D eigenvalue weighted by molar-refractivity contribution is 9.10. The lowest BCUT2D eigenvalue weighted by atomic mass is 9.67. The predicted octanol–water partition coefficient (Wildman–Crippen LogP) is 4.77. The molecule has 0 spiro atoms. The summed E-state index contributed by atoms with van der Waals surface area (Å²) in [5, 5.41) is 13.9. The fourth-order valence-corrected chi connectivity index (χ4v) is 5.67. The molecule has 9 heteroatoms. The normalized spacial score (nSPS) is 17.0. The number of halogens is 1. The van der Waals surface area contributed by atoms with Gasteiger partial charge in [-0.1, -0.05) is 15.9 Å². The van der Waals surface area contributed by atoms with Crippen LogP contribution in [0.25, 0.3) is 10.9 Å². The number of aromatic nitrogens is 2. The highest BCUT2D eigenvalue weighted by Crippen LogP contribution is 2.51. The topological polar surface area (TPSA) is 86.2 Å². The summed E-state index contributed by atoms with van der Waals surface area (Å²) in [5.41, 5.74) is 1.09. The number of hydrogen-bond donors (Lipinski definition) is 1. The predicted molar refractivity (Wildman–Crippen MR) is 147 cm³/mol. The second kappa shape index (κ2) is 11.9. The summed E-state index contributed by atoms with van der Waals surface area (Å²) in [5.74, 6) is 1.08. The number of aliphatic hydroxyl groups is 1. The Morgan fingerprint density at radius 2 is 1.70 bits per heavy atom. The van der Waals surface area contributed by atoms with Crippen molar-refractivity contribution in [2.24, 2.45) is 5.92 Å². The summed E-state index contributed by atoms with van der Waals surface area (Å²) in [6, 6.07) is 11.7. The molecular formula is C28H36BrN3O5. The van der Waals surface area contributed by atoms with Gasteiger partial charge in [-0.25, -0.2) is 4.98 Å².